The van der Waals surface area contributed by atoms with Gasteiger partial charge in [-0.05, 0) is 71.5 Å². The second kappa shape index (κ2) is 12.6. The Morgan fingerprint density at radius 3 is 2.50 bits per heavy atom. The zero-order valence-corrected chi connectivity index (χ0v) is 22.8. The van der Waals surface area contributed by atoms with Crippen LogP contribution in [0.2, 0.25) is 0 Å². The van der Waals surface area contributed by atoms with Gasteiger partial charge >= 0.3 is 12.0 Å². The number of thiophene rings is 1. The largest absolute Gasteiger partial charge is 0.478 e. The molecule has 0 saturated carbocycles. The Labute approximate surface area is 237 Å². The van der Waals surface area contributed by atoms with Gasteiger partial charge in [-0.15, -0.1) is 11.3 Å². The second-order valence-corrected chi connectivity index (χ2v) is 11.0. The Morgan fingerprint density at radius 2 is 1.73 bits per heavy atom. The van der Waals surface area contributed by atoms with Gasteiger partial charge in [0.2, 0.25) is 5.91 Å². The highest BCUT2D eigenvalue weighted by Gasteiger charge is 2.36. The number of carbonyl (C=O) groups is 3. The number of carbonyl (C=O) groups excluding carboxylic acids is 2. The maximum Gasteiger partial charge on any atom is 0.335 e. The molecule has 0 aliphatic heterocycles. The van der Waals surface area contributed by atoms with E-state index in [-0.39, 0.29) is 30.0 Å². The highest BCUT2D eigenvalue weighted by atomic mass is 32.1. The molecule has 1 aliphatic carbocycles. The molecule has 4 aromatic rings. The van der Waals surface area contributed by atoms with Gasteiger partial charge in [0.25, 0.3) is 0 Å². The SMILES string of the molecule is O=C(NCC(=O)N(Cc1cccs1)[C@@H]1c2ccccc2CC[C@H]1Cc1ccccc1)Nc1cccc(C(=O)O)c1. The van der Waals surface area contributed by atoms with Crippen molar-refractivity contribution in [3.05, 3.63) is 124 Å². The molecule has 0 bridgehead atoms. The average Bonchev–Trinajstić information content (AvgIpc) is 3.49. The molecule has 3 amide bonds. The van der Waals surface area contributed by atoms with Gasteiger partial charge in [-0.3, -0.25) is 4.79 Å². The van der Waals surface area contributed by atoms with Crippen molar-refractivity contribution in [2.75, 3.05) is 11.9 Å². The van der Waals surface area contributed by atoms with Crippen molar-refractivity contribution >= 4 is 34.9 Å². The number of carboxylic acid groups (broad SMARTS) is 1. The standard InChI is InChI=1S/C32H31N3O4S/c36-29(20-33-32(39)34-26-12-6-11-25(19-26)31(37)38)35(21-27-13-7-17-40-27)30-24(18-22-8-2-1-3-9-22)16-15-23-10-4-5-14-28(23)30/h1-14,17,19,24,30H,15-16,18,20-21H2,(H,37,38)(H2,33,34,39)/t24-,30-/m0/s1. The van der Waals surface area contributed by atoms with E-state index in [0.717, 1.165) is 29.7 Å². The first-order chi connectivity index (χ1) is 19.5. The van der Waals surface area contributed by atoms with Gasteiger partial charge in [-0.1, -0.05) is 66.7 Å². The first-order valence-corrected chi connectivity index (χ1v) is 14.2. The van der Waals surface area contributed by atoms with Crippen LogP contribution in [-0.4, -0.2) is 34.5 Å². The van der Waals surface area contributed by atoms with Gasteiger partial charge < -0.3 is 20.6 Å². The van der Waals surface area contributed by atoms with E-state index in [9.17, 15) is 19.5 Å². The van der Waals surface area contributed by atoms with Gasteiger partial charge in [-0.2, -0.15) is 0 Å². The fraction of sp³-hybridized carbons (Fsp3) is 0.219. The molecule has 1 heterocycles. The normalized spacial score (nSPS) is 16.0. The fourth-order valence-corrected chi connectivity index (χ4v) is 6.13. The van der Waals surface area contributed by atoms with Gasteiger partial charge in [0.05, 0.1) is 24.7 Å². The predicted molar refractivity (Wildman–Crippen MR) is 156 cm³/mol. The number of fused-ring (bicyclic) bond motifs is 1. The summed E-state index contributed by atoms with van der Waals surface area (Å²) in [6, 6.07) is 28.0. The molecular weight excluding hydrogens is 522 g/mol. The molecule has 0 unspecified atom stereocenters. The number of nitrogens with one attached hydrogen (secondary N) is 2. The molecule has 7 nitrogen and oxygen atoms in total. The smallest absolute Gasteiger partial charge is 0.335 e. The van der Waals surface area contributed by atoms with Gasteiger partial charge in [-0.25, -0.2) is 9.59 Å². The highest BCUT2D eigenvalue weighted by molar-refractivity contribution is 7.09. The van der Waals surface area contributed by atoms with E-state index in [1.807, 2.05) is 52.7 Å². The van der Waals surface area contributed by atoms with Crippen molar-refractivity contribution < 1.29 is 19.5 Å². The molecule has 5 rings (SSSR count). The minimum absolute atomic E-state index is 0.0661. The summed E-state index contributed by atoms with van der Waals surface area (Å²) in [7, 11) is 0. The van der Waals surface area contributed by atoms with Crippen LogP contribution in [0.1, 0.15) is 44.4 Å². The average molecular weight is 554 g/mol. The topological polar surface area (TPSA) is 98.7 Å². The molecule has 40 heavy (non-hydrogen) atoms. The van der Waals surface area contributed by atoms with Crippen LogP contribution in [0.3, 0.4) is 0 Å². The first-order valence-electron chi connectivity index (χ1n) is 13.3. The Bertz CT molecular complexity index is 1470. The number of hydrogen-bond donors (Lipinski definition) is 3. The fourth-order valence-electron chi connectivity index (χ4n) is 5.43. The van der Waals surface area contributed by atoms with Crippen LogP contribution in [0.5, 0.6) is 0 Å². The van der Waals surface area contributed by atoms with E-state index < -0.39 is 12.0 Å². The number of benzene rings is 3. The summed E-state index contributed by atoms with van der Waals surface area (Å²) >= 11 is 1.61. The second-order valence-electron chi connectivity index (χ2n) is 9.93. The summed E-state index contributed by atoms with van der Waals surface area (Å²) in [5, 5.41) is 16.5. The van der Waals surface area contributed by atoms with E-state index in [0.29, 0.717) is 12.2 Å². The Morgan fingerprint density at radius 1 is 0.925 bits per heavy atom. The number of rotatable bonds is 9. The van der Waals surface area contributed by atoms with Crippen molar-refractivity contribution in [2.45, 2.75) is 31.8 Å². The highest BCUT2D eigenvalue weighted by Crippen LogP contribution is 2.41. The monoisotopic (exact) mass is 553 g/mol. The summed E-state index contributed by atoms with van der Waals surface area (Å²) in [4.78, 5) is 40.8. The van der Waals surface area contributed by atoms with Gasteiger partial charge in [0.1, 0.15) is 0 Å². The third kappa shape index (κ3) is 6.58. The number of aromatic carboxylic acids is 1. The van der Waals surface area contributed by atoms with Crippen molar-refractivity contribution in [1.29, 1.82) is 0 Å². The molecular formula is C32H31N3O4S. The Kier molecular flexibility index (Phi) is 8.56. The van der Waals surface area contributed by atoms with Crippen molar-refractivity contribution in [3.63, 3.8) is 0 Å². The third-order valence-corrected chi connectivity index (χ3v) is 8.14. The number of aryl methyl sites for hydroxylation is 1. The predicted octanol–water partition coefficient (Wildman–Crippen LogP) is 6.14. The lowest BCUT2D eigenvalue weighted by molar-refractivity contribution is -0.134. The lowest BCUT2D eigenvalue weighted by Crippen LogP contribution is -2.46. The minimum atomic E-state index is -1.08. The van der Waals surface area contributed by atoms with Crippen LogP contribution in [0.25, 0.3) is 0 Å². The first kappa shape index (κ1) is 27.1. The van der Waals surface area contributed by atoms with Crippen LogP contribution < -0.4 is 10.6 Å². The van der Waals surface area contributed by atoms with Gasteiger partial charge in [0.15, 0.2) is 0 Å². The van der Waals surface area contributed by atoms with E-state index in [1.54, 1.807) is 23.5 Å². The summed E-state index contributed by atoms with van der Waals surface area (Å²) in [5.41, 5.74) is 4.06. The number of amides is 3. The van der Waals surface area contributed by atoms with Crippen molar-refractivity contribution in [1.82, 2.24) is 10.2 Å². The van der Waals surface area contributed by atoms with E-state index in [2.05, 4.69) is 34.9 Å². The number of urea groups is 1. The van der Waals surface area contributed by atoms with Crippen molar-refractivity contribution in [2.24, 2.45) is 5.92 Å². The minimum Gasteiger partial charge on any atom is -0.478 e. The maximum absolute atomic E-state index is 13.9. The molecule has 8 heteroatoms. The lowest BCUT2D eigenvalue weighted by atomic mass is 9.76. The van der Waals surface area contributed by atoms with E-state index in [1.165, 1.54) is 23.3 Å². The molecule has 3 aromatic carbocycles. The quantitative estimate of drug-likeness (QED) is 0.232. The molecule has 1 aromatic heterocycles. The maximum atomic E-state index is 13.9. The number of carboxylic acids is 1. The molecule has 0 radical (unpaired) electrons. The molecule has 1 aliphatic rings. The van der Waals surface area contributed by atoms with Crippen LogP contribution in [-0.2, 0) is 24.2 Å². The zero-order chi connectivity index (χ0) is 27.9. The number of nitrogens with zero attached hydrogens (tertiary/aromatic N) is 1. The molecule has 0 fully saturated rings. The summed E-state index contributed by atoms with van der Waals surface area (Å²) in [5.74, 6) is -1.04. The Balaban J connectivity index is 1.38. The van der Waals surface area contributed by atoms with E-state index >= 15 is 0 Å². The molecule has 0 saturated heterocycles. The zero-order valence-electron chi connectivity index (χ0n) is 22.0. The Hall–Kier alpha value is -4.43. The number of anilines is 1. The van der Waals surface area contributed by atoms with Crippen LogP contribution in [0, 0.1) is 5.92 Å². The molecule has 2 atom stereocenters. The van der Waals surface area contributed by atoms with E-state index in [4.69, 9.17) is 0 Å². The van der Waals surface area contributed by atoms with Crippen LogP contribution in [0.15, 0.2) is 96.4 Å². The molecule has 3 N–H and O–H groups in total. The van der Waals surface area contributed by atoms with Crippen molar-refractivity contribution in [3.8, 4) is 0 Å². The summed E-state index contributed by atoms with van der Waals surface area (Å²) in [6.07, 6.45) is 2.77. The molecule has 0 spiro atoms. The van der Waals surface area contributed by atoms with Crippen LogP contribution >= 0.6 is 11.3 Å². The van der Waals surface area contributed by atoms with Crippen LogP contribution in [0.4, 0.5) is 10.5 Å². The summed E-state index contributed by atoms with van der Waals surface area (Å²) < 4.78 is 0. The third-order valence-electron chi connectivity index (χ3n) is 7.28. The number of hydrogen-bond acceptors (Lipinski definition) is 4. The molecule has 204 valence electrons. The lowest BCUT2D eigenvalue weighted by Gasteiger charge is -2.41. The van der Waals surface area contributed by atoms with Gasteiger partial charge in [0, 0.05) is 10.6 Å². The summed E-state index contributed by atoms with van der Waals surface area (Å²) in [6.45, 7) is 0.261.